The van der Waals surface area contributed by atoms with Gasteiger partial charge in [0.05, 0.1) is 0 Å². The molecule has 0 aromatic heterocycles. The summed E-state index contributed by atoms with van der Waals surface area (Å²) in [6, 6.07) is 0.763. The smallest absolute Gasteiger partial charge is 0.289 e. The lowest BCUT2D eigenvalue weighted by atomic mass is 9.79. The fourth-order valence-corrected chi connectivity index (χ4v) is 7.25. The molecule has 2 N–H and O–H groups in total. The molecule has 36 heavy (non-hydrogen) atoms. The number of ketones is 1. The van der Waals surface area contributed by atoms with Crippen LogP contribution in [0.25, 0.3) is 0 Å². The molecule has 6 nitrogen and oxygen atoms in total. The summed E-state index contributed by atoms with van der Waals surface area (Å²) in [6.45, 7) is 21.4. The second kappa shape index (κ2) is 12.3. The van der Waals surface area contributed by atoms with E-state index in [0.29, 0.717) is 12.6 Å². The molecule has 2 aliphatic rings. The third-order valence-corrected chi connectivity index (χ3v) is 8.12. The molecule has 0 aromatic rings. The van der Waals surface area contributed by atoms with Crippen molar-refractivity contribution in [2.45, 2.75) is 161 Å². The number of carbonyl (C=O) groups is 2. The van der Waals surface area contributed by atoms with Gasteiger partial charge in [0, 0.05) is 47.7 Å². The SMILES string of the molecule is CC(=O)C(=O)N(CCCCCCCCN(C)C1CC(C)(C)NC(C)(C)C1)C1CC(C)(C)NC(C)(C)C1. The fourth-order valence-electron chi connectivity index (χ4n) is 7.25. The van der Waals surface area contributed by atoms with E-state index in [2.05, 4.69) is 78.0 Å². The van der Waals surface area contributed by atoms with Crippen LogP contribution in [0.5, 0.6) is 0 Å². The Morgan fingerprint density at radius 2 is 1.00 bits per heavy atom. The van der Waals surface area contributed by atoms with E-state index in [1.165, 1.54) is 52.0 Å². The highest BCUT2D eigenvalue weighted by Crippen LogP contribution is 2.33. The highest BCUT2D eigenvalue weighted by Gasteiger charge is 2.42. The van der Waals surface area contributed by atoms with Crippen molar-refractivity contribution in [1.82, 2.24) is 20.4 Å². The van der Waals surface area contributed by atoms with Gasteiger partial charge in [-0.2, -0.15) is 0 Å². The zero-order valence-corrected chi connectivity index (χ0v) is 25.4. The molecule has 0 unspecified atom stereocenters. The van der Waals surface area contributed by atoms with Crippen molar-refractivity contribution in [2.75, 3.05) is 20.1 Å². The number of nitrogens with one attached hydrogen (secondary N) is 2. The van der Waals surface area contributed by atoms with Crippen molar-refractivity contribution in [3.05, 3.63) is 0 Å². The molecule has 0 bridgehead atoms. The fraction of sp³-hybridized carbons (Fsp3) is 0.933. The van der Waals surface area contributed by atoms with Gasteiger partial charge < -0.3 is 20.4 Å². The lowest BCUT2D eigenvalue weighted by molar-refractivity contribution is -0.146. The number of unbranched alkanes of at least 4 members (excludes halogenated alkanes) is 5. The van der Waals surface area contributed by atoms with Gasteiger partial charge in [-0.1, -0.05) is 25.7 Å². The van der Waals surface area contributed by atoms with Gasteiger partial charge in [0.25, 0.3) is 5.91 Å². The summed E-state index contributed by atoms with van der Waals surface area (Å²) < 4.78 is 0. The van der Waals surface area contributed by atoms with E-state index in [9.17, 15) is 9.59 Å². The van der Waals surface area contributed by atoms with Gasteiger partial charge >= 0.3 is 0 Å². The van der Waals surface area contributed by atoms with Crippen molar-refractivity contribution in [3.8, 4) is 0 Å². The molecule has 210 valence electrons. The van der Waals surface area contributed by atoms with E-state index in [1.807, 2.05) is 4.90 Å². The summed E-state index contributed by atoms with van der Waals surface area (Å²) in [4.78, 5) is 29.2. The van der Waals surface area contributed by atoms with Crippen LogP contribution in [0.15, 0.2) is 0 Å². The molecular formula is C30H58N4O2. The van der Waals surface area contributed by atoms with Gasteiger partial charge in [0.1, 0.15) is 0 Å². The molecule has 2 saturated heterocycles. The molecule has 2 heterocycles. The first-order valence-corrected chi connectivity index (χ1v) is 14.5. The van der Waals surface area contributed by atoms with Crippen LogP contribution in [0.3, 0.4) is 0 Å². The average molecular weight is 507 g/mol. The van der Waals surface area contributed by atoms with Crippen molar-refractivity contribution < 1.29 is 9.59 Å². The summed E-state index contributed by atoms with van der Waals surface area (Å²) in [5, 5.41) is 7.48. The minimum Gasteiger partial charge on any atom is -0.333 e. The molecule has 2 aliphatic heterocycles. The minimum absolute atomic E-state index is 0.0471. The van der Waals surface area contributed by atoms with E-state index >= 15 is 0 Å². The van der Waals surface area contributed by atoms with Gasteiger partial charge in [-0.25, -0.2) is 0 Å². The van der Waals surface area contributed by atoms with Gasteiger partial charge in [0.2, 0.25) is 5.78 Å². The summed E-state index contributed by atoms with van der Waals surface area (Å²) >= 11 is 0. The van der Waals surface area contributed by atoms with E-state index in [0.717, 1.165) is 25.7 Å². The number of carbonyl (C=O) groups excluding carboxylic acids is 2. The molecule has 0 aromatic carbocycles. The Bertz CT molecular complexity index is 711. The van der Waals surface area contributed by atoms with Crippen LogP contribution in [0.1, 0.15) is 127 Å². The number of hydrogen-bond donors (Lipinski definition) is 2. The molecule has 2 rings (SSSR count). The van der Waals surface area contributed by atoms with E-state index in [1.54, 1.807) is 0 Å². The number of hydrogen-bond acceptors (Lipinski definition) is 5. The summed E-state index contributed by atoms with van der Waals surface area (Å²) in [6.07, 6.45) is 11.2. The monoisotopic (exact) mass is 506 g/mol. The van der Waals surface area contributed by atoms with Crippen molar-refractivity contribution in [1.29, 1.82) is 0 Å². The predicted octanol–water partition coefficient (Wildman–Crippen LogP) is 5.29. The second-order valence-electron chi connectivity index (χ2n) is 14.6. The molecule has 1 amide bonds. The molecule has 0 spiro atoms. The number of rotatable bonds is 12. The molecule has 2 fully saturated rings. The molecule has 0 aliphatic carbocycles. The number of amides is 1. The Balaban J connectivity index is 1.72. The van der Waals surface area contributed by atoms with Crippen LogP contribution in [0.2, 0.25) is 0 Å². The molecule has 0 saturated carbocycles. The molecule has 0 radical (unpaired) electrons. The quantitative estimate of drug-likeness (QED) is 0.278. The standard InChI is InChI=1S/C30H58N4O2/c1-23(35)26(36)34(25-21-29(6,7)32-30(8,9)22-25)18-16-14-12-11-13-15-17-33(10)24-19-27(2,3)31-28(4,5)20-24/h24-25,31-32H,11-22H2,1-10H3. The Labute approximate surface area is 222 Å². The van der Waals surface area contributed by atoms with Gasteiger partial charge in [-0.15, -0.1) is 0 Å². The maximum Gasteiger partial charge on any atom is 0.289 e. The first-order chi connectivity index (χ1) is 16.4. The van der Waals surface area contributed by atoms with Gasteiger partial charge in [-0.05, 0) is 108 Å². The first kappa shape index (κ1) is 31.2. The van der Waals surface area contributed by atoms with Crippen LogP contribution < -0.4 is 10.6 Å². The van der Waals surface area contributed by atoms with Crippen molar-refractivity contribution >= 4 is 11.7 Å². The van der Waals surface area contributed by atoms with Crippen molar-refractivity contribution in [3.63, 3.8) is 0 Å². The topological polar surface area (TPSA) is 64.7 Å². The Morgan fingerprint density at radius 3 is 1.42 bits per heavy atom. The lowest BCUT2D eigenvalue weighted by Gasteiger charge is -2.49. The third-order valence-electron chi connectivity index (χ3n) is 8.12. The zero-order valence-electron chi connectivity index (χ0n) is 25.4. The number of piperidine rings is 2. The van der Waals surface area contributed by atoms with Crippen LogP contribution in [0.4, 0.5) is 0 Å². The number of nitrogens with zero attached hydrogens (tertiary/aromatic N) is 2. The molecule has 0 atom stereocenters. The summed E-state index contributed by atoms with van der Waals surface area (Å²) in [5.74, 6) is -0.644. The Hall–Kier alpha value is -0.980. The largest absolute Gasteiger partial charge is 0.333 e. The predicted molar refractivity (Wildman–Crippen MR) is 151 cm³/mol. The third kappa shape index (κ3) is 10.1. The normalized spacial score (nSPS) is 23.5. The maximum atomic E-state index is 12.8. The summed E-state index contributed by atoms with van der Waals surface area (Å²) in [5.41, 5.74) is 0.291. The van der Waals surface area contributed by atoms with Crippen LogP contribution in [-0.4, -0.2) is 75.9 Å². The van der Waals surface area contributed by atoms with Crippen LogP contribution in [-0.2, 0) is 9.59 Å². The first-order valence-electron chi connectivity index (χ1n) is 14.5. The second-order valence-corrected chi connectivity index (χ2v) is 14.6. The van der Waals surface area contributed by atoms with E-state index < -0.39 is 0 Å². The van der Waals surface area contributed by atoms with Gasteiger partial charge in [-0.3, -0.25) is 9.59 Å². The van der Waals surface area contributed by atoms with Crippen LogP contribution in [0, 0.1) is 0 Å². The number of Topliss-reactive ketones (excluding diaryl/α,β-unsaturated/α-hetero) is 1. The Kier molecular flexibility index (Phi) is 10.6. The van der Waals surface area contributed by atoms with E-state index in [4.69, 9.17) is 0 Å². The van der Waals surface area contributed by atoms with Gasteiger partial charge in [0.15, 0.2) is 0 Å². The summed E-state index contributed by atoms with van der Waals surface area (Å²) in [7, 11) is 2.30. The van der Waals surface area contributed by atoms with Crippen LogP contribution >= 0.6 is 0 Å². The minimum atomic E-state index is -0.339. The van der Waals surface area contributed by atoms with Crippen molar-refractivity contribution in [2.24, 2.45) is 0 Å². The molecular weight excluding hydrogens is 448 g/mol. The highest BCUT2D eigenvalue weighted by molar-refractivity contribution is 6.35. The molecule has 6 heteroatoms. The zero-order chi connectivity index (χ0) is 27.4. The highest BCUT2D eigenvalue weighted by atomic mass is 16.2. The Morgan fingerprint density at radius 1 is 0.639 bits per heavy atom. The van der Waals surface area contributed by atoms with E-state index in [-0.39, 0.29) is 39.9 Å². The lowest BCUT2D eigenvalue weighted by Crippen LogP contribution is -2.63. The maximum absolute atomic E-state index is 12.8. The average Bonchev–Trinajstić information content (AvgIpc) is 2.67.